The number of hydrogen-bond acceptors (Lipinski definition) is 3. The molecule has 130 valence electrons. The summed E-state index contributed by atoms with van der Waals surface area (Å²) in [6.45, 7) is 2.54. The van der Waals surface area contributed by atoms with E-state index >= 15 is 0 Å². The Hall–Kier alpha value is -2.04. The van der Waals surface area contributed by atoms with E-state index in [1.165, 1.54) is 18.4 Å². The zero-order valence-electron chi connectivity index (χ0n) is 14.3. The third-order valence-corrected chi connectivity index (χ3v) is 4.75. The fourth-order valence-corrected chi connectivity index (χ4v) is 3.47. The van der Waals surface area contributed by atoms with Crippen molar-refractivity contribution in [1.29, 1.82) is 0 Å². The van der Waals surface area contributed by atoms with Crippen molar-refractivity contribution in [1.82, 2.24) is 10.6 Å². The minimum absolute atomic E-state index is 0.0132. The Morgan fingerprint density at radius 2 is 1.92 bits per heavy atom. The van der Waals surface area contributed by atoms with Crippen LogP contribution in [-0.2, 0) is 22.6 Å². The number of carbonyl (C=O) groups is 2. The first-order chi connectivity index (χ1) is 11.6. The van der Waals surface area contributed by atoms with Crippen molar-refractivity contribution in [3.63, 3.8) is 0 Å². The molecule has 0 aromatic heterocycles. The molecule has 0 unspecified atom stereocenters. The molecular formula is C19H26N2O3. The van der Waals surface area contributed by atoms with Gasteiger partial charge in [-0.25, -0.2) is 0 Å². The number of ether oxygens (including phenoxy) is 1. The third kappa shape index (κ3) is 4.49. The summed E-state index contributed by atoms with van der Waals surface area (Å²) in [7, 11) is 0. The highest BCUT2D eigenvalue weighted by molar-refractivity contribution is 5.83. The molecule has 1 aliphatic heterocycles. The van der Waals surface area contributed by atoms with Gasteiger partial charge in [0.15, 0.2) is 0 Å². The van der Waals surface area contributed by atoms with Crippen molar-refractivity contribution in [2.24, 2.45) is 0 Å². The molecule has 5 nitrogen and oxygen atoms in total. The van der Waals surface area contributed by atoms with Gasteiger partial charge in [0.05, 0.1) is 0 Å². The number of carbonyl (C=O) groups excluding carboxylic acids is 2. The summed E-state index contributed by atoms with van der Waals surface area (Å²) in [6.07, 6.45) is 6.16. The number of amides is 2. The van der Waals surface area contributed by atoms with Gasteiger partial charge in [-0.3, -0.25) is 9.59 Å². The predicted octanol–water partition coefficient (Wildman–Crippen LogP) is 2.47. The van der Waals surface area contributed by atoms with Crippen molar-refractivity contribution < 1.29 is 14.3 Å². The van der Waals surface area contributed by atoms with Gasteiger partial charge in [-0.2, -0.15) is 0 Å². The molecule has 2 amide bonds. The van der Waals surface area contributed by atoms with Crippen molar-refractivity contribution in [2.75, 3.05) is 0 Å². The molecule has 1 atom stereocenters. The normalized spacial score (nSPS) is 19.6. The predicted molar refractivity (Wildman–Crippen MR) is 91.7 cm³/mol. The van der Waals surface area contributed by atoms with Crippen LogP contribution in [0.2, 0.25) is 0 Å². The third-order valence-electron chi connectivity index (χ3n) is 4.75. The molecule has 0 radical (unpaired) electrons. The second-order valence-electron chi connectivity index (χ2n) is 6.90. The Labute approximate surface area is 143 Å². The van der Waals surface area contributed by atoms with Crippen LogP contribution < -0.4 is 15.4 Å². The van der Waals surface area contributed by atoms with E-state index in [9.17, 15) is 9.59 Å². The van der Waals surface area contributed by atoms with E-state index in [0.717, 1.165) is 30.6 Å². The molecule has 0 saturated heterocycles. The molecule has 2 aliphatic rings. The number of rotatable bonds is 6. The van der Waals surface area contributed by atoms with Crippen LogP contribution in [0, 0.1) is 0 Å². The summed E-state index contributed by atoms with van der Waals surface area (Å²) in [5.41, 5.74) is 2.26. The van der Waals surface area contributed by atoms with Crippen LogP contribution in [-0.4, -0.2) is 24.0 Å². The number of hydrogen-bond donors (Lipinski definition) is 2. The van der Waals surface area contributed by atoms with Crippen LogP contribution in [0.1, 0.15) is 56.6 Å². The van der Waals surface area contributed by atoms with E-state index in [1.54, 1.807) is 0 Å². The minimum Gasteiger partial charge on any atom is -0.490 e. The summed E-state index contributed by atoms with van der Waals surface area (Å²) in [5.74, 6) is 0.851. The van der Waals surface area contributed by atoms with Crippen LogP contribution in [0.4, 0.5) is 0 Å². The number of nitrogens with one attached hydrogen (secondary N) is 2. The minimum atomic E-state index is -0.0818. The summed E-state index contributed by atoms with van der Waals surface area (Å²) in [6, 6.07) is 6.35. The van der Waals surface area contributed by atoms with Crippen LogP contribution in [0.25, 0.3) is 0 Å². The monoisotopic (exact) mass is 330 g/mol. The highest BCUT2D eigenvalue weighted by Gasteiger charge is 2.19. The van der Waals surface area contributed by atoms with Crippen molar-refractivity contribution in [3.8, 4) is 5.75 Å². The molecule has 1 saturated carbocycles. The second kappa shape index (κ2) is 7.69. The molecule has 1 fully saturated rings. The summed E-state index contributed by atoms with van der Waals surface area (Å²) in [4.78, 5) is 23.8. The van der Waals surface area contributed by atoms with E-state index < -0.39 is 0 Å². The van der Waals surface area contributed by atoms with Gasteiger partial charge in [0.25, 0.3) is 0 Å². The van der Waals surface area contributed by atoms with Gasteiger partial charge in [-0.05, 0) is 37.0 Å². The van der Waals surface area contributed by atoms with Crippen molar-refractivity contribution in [2.45, 2.75) is 70.6 Å². The van der Waals surface area contributed by atoms with Crippen LogP contribution in [0.15, 0.2) is 18.2 Å². The van der Waals surface area contributed by atoms with Crippen LogP contribution in [0.3, 0.4) is 0 Å². The van der Waals surface area contributed by atoms with E-state index in [4.69, 9.17) is 4.74 Å². The maximum atomic E-state index is 11.9. The standard InChI is InChI=1S/C19H26N2O3/c1-13-10-15-11-14(6-7-17(15)24-13)12-20-18(22)8-9-19(23)21-16-4-2-3-5-16/h6-7,11,13,16H,2-5,8-10,12H2,1H3,(H,20,22)(H,21,23)/t13-/m1/s1. The lowest BCUT2D eigenvalue weighted by molar-refractivity contribution is -0.126. The maximum Gasteiger partial charge on any atom is 0.220 e. The summed E-state index contributed by atoms with van der Waals surface area (Å²) in [5, 5.41) is 5.90. The summed E-state index contributed by atoms with van der Waals surface area (Å²) >= 11 is 0. The molecule has 1 heterocycles. The molecule has 3 rings (SSSR count). The number of benzene rings is 1. The molecule has 0 spiro atoms. The van der Waals surface area contributed by atoms with Gasteiger partial charge in [-0.15, -0.1) is 0 Å². The molecule has 1 aromatic rings. The Balaban J connectivity index is 1.38. The SMILES string of the molecule is C[C@@H]1Cc2cc(CNC(=O)CCC(=O)NC3CCCC3)ccc2O1. The second-order valence-corrected chi connectivity index (χ2v) is 6.90. The van der Waals surface area contributed by atoms with E-state index in [2.05, 4.69) is 23.6 Å². The van der Waals surface area contributed by atoms with Gasteiger partial charge in [0, 0.05) is 31.8 Å². The molecule has 2 N–H and O–H groups in total. The Kier molecular flexibility index (Phi) is 5.38. The van der Waals surface area contributed by atoms with Gasteiger partial charge in [-0.1, -0.05) is 25.0 Å². The summed E-state index contributed by atoms with van der Waals surface area (Å²) < 4.78 is 5.67. The van der Waals surface area contributed by atoms with Gasteiger partial charge in [0.2, 0.25) is 11.8 Å². The zero-order chi connectivity index (χ0) is 16.9. The first-order valence-electron chi connectivity index (χ1n) is 8.94. The van der Waals surface area contributed by atoms with Crippen molar-refractivity contribution in [3.05, 3.63) is 29.3 Å². The lowest BCUT2D eigenvalue weighted by atomic mass is 10.1. The quantitative estimate of drug-likeness (QED) is 0.842. The lowest BCUT2D eigenvalue weighted by Crippen LogP contribution is -2.33. The number of fused-ring (bicyclic) bond motifs is 1. The van der Waals surface area contributed by atoms with Crippen LogP contribution >= 0.6 is 0 Å². The Bertz CT molecular complexity index is 609. The zero-order valence-corrected chi connectivity index (χ0v) is 14.3. The molecule has 1 aromatic carbocycles. The van der Waals surface area contributed by atoms with Gasteiger partial charge in [0.1, 0.15) is 11.9 Å². The molecule has 0 bridgehead atoms. The average Bonchev–Trinajstić information content (AvgIpc) is 3.18. The fourth-order valence-electron chi connectivity index (χ4n) is 3.47. The highest BCUT2D eigenvalue weighted by atomic mass is 16.5. The average molecular weight is 330 g/mol. The molecule has 5 heteroatoms. The van der Waals surface area contributed by atoms with E-state index in [1.807, 2.05) is 12.1 Å². The first-order valence-corrected chi connectivity index (χ1v) is 8.94. The van der Waals surface area contributed by atoms with E-state index in [0.29, 0.717) is 12.6 Å². The highest BCUT2D eigenvalue weighted by Crippen LogP contribution is 2.29. The van der Waals surface area contributed by atoms with E-state index in [-0.39, 0.29) is 30.8 Å². The lowest BCUT2D eigenvalue weighted by Gasteiger charge is -2.11. The maximum absolute atomic E-state index is 11.9. The van der Waals surface area contributed by atoms with Crippen molar-refractivity contribution >= 4 is 11.8 Å². The Morgan fingerprint density at radius 3 is 2.71 bits per heavy atom. The first kappa shape index (κ1) is 16.8. The topological polar surface area (TPSA) is 67.4 Å². The smallest absolute Gasteiger partial charge is 0.220 e. The molecular weight excluding hydrogens is 304 g/mol. The largest absolute Gasteiger partial charge is 0.490 e. The molecule has 1 aliphatic carbocycles. The fraction of sp³-hybridized carbons (Fsp3) is 0.579. The van der Waals surface area contributed by atoms with Gasteiger partial charge < -0.3 is 15.4 Å². The van der Waals surface area contributed by atoms with Gasteiger partial charge >= 0.3 is 0 Å². The molecule has 24 heavy (non-hydrogen) atoms. The van der Waals surface area contributed by atoms with Crippen LogP contribution in [0.5, 0.6) is 5.75 Å². The Morgan fingerprint density at radius 1 is 1.17 bits per heavy atom.